The number of carbonyl (C=O) groups is 2. The van der Waals surface area contributed by atoms with E-state index in [1.807, 2.05) is 0 Å². The van der Waals surface area contributed by atoms with Crippen LogP contribution in [0.15, 0.2) is 36.9 Å². The first kappa shape index (κ1) is 21.3. The second kappa shape index (κ2) is 8.96. The van der Waals surface area contributed by atoms with Crippen molar-refractivity contribution in [2.75, 3.05) is 6.61 Å². The summed E-state index contributed by atoms with van der Waals surface area (Å²) in [4.78, 5) is 26.2. The summed E-state index contributed by atoms with van der Waals surface area (Å²) < 4.78 is 18.3. The number of ether oxygens (including phenoxy) is 1. The smallest absolute Gasteiger partial charge is 0.447 e. The lowest BCUT2D eigenvalue weighted by Gasteiger charge is -2.33. The van der Waals surface area contributed by atoms with Gasteiger partial charge in [0.1, 0.15) is 12.4 Å². The van der Waals surface area contributed by atoms with Crippen LogP contribution >= 0.6 is 0 Å². The molecule has 3 rings (SSSR count). The summed E-state index contributed by atoms with van der Waals surface area (Å²) in [7, 11) is -1.76. The summed E-state index contributed by atoms with van der Waals surface area (Å²) in [6.45, 7) is 3.61. The highest BCUT2D eigenvalue weighted by Gasteiger charge is 2.54. The molecule has 0 aliphatic carbocycles. The molecule has 2 aliphatic heterocycles. The van der Waals surface area contributed by atoms with E-state index in [0.29, 0.717) is 6.42 Å². The largest absolute Gasteiger partial charge is 0.475 e. The third-order valence-corrected chi connectivity index (χ3v) is 5.97. The lowest BCUT2D eigenvalue weighted by molar-refractivity contribution is -0.131. The van der Waals surface area contributed by atoms with Gasteiger partial charge in [-0.15, -0.1) is 0 Å². The molecule has 0 aromatic heterocycles. The van der Waals surface area contributed by atoms with Crippen LogP contribution in [0.1, 0.15) is 37.7 Å². The van der Waals surface area contributed by atoms with E-state index < -0.39 is 24.7 Å². The van der Waals surface area contributed by atoms with E-state index in [4.69, 9.17) is 4.74 Å². The van der Waals surface area contributed by atoms with Gasteiger partial charge in [-0.2, -0.15) is 0 Å². The van der Waals surface area contributed by atoms with Gasteiger partial charge in [-0.05, 0) is 62.3 Å². The van der Waals surface area contributed by atoms with Gasteiger partial charge < -0.3 is 25.0 Å². The van der Waals surface area contributed by atoms with Crippen LogP contribution in [0.4, 0.5) is 9.18 Å². The van der Waals surface area contributed by atoms with Gasteiger partial charge in [-0.1, -0.05) is 18.7 Å². The van der Waals surface area contributed by atoms with Crippen molar-refractivity contribution in [3.63, 3.8) is 0 Å². The standard InChI is InChI=1S/C20H26BFN2O5/c1-2-18(25)24-16-9-11-20(24,12-10-16)13-29-19(26)23-17(21(27)28)8-5-14-3-6-15(22)7-4-14/h2-4,6-7,16-17,27-28H,1,5,8-13H2,(H,23,26)/t16?,17-,20?/m0/s1. The summed E-state index contributed by atoms with van der Waals surface area (Å²) in [6, 6.07) is 6.03. The number of carbonyl (C=O) groups excluding carboxylic acids is 2. The van der Waals surface area contributed by atoms with Crippen molar-refractivity contribution in [3.8, 4) is 0 Å². The second-order valence-electron chi connectivity index (χ2n) is 7.77. The van der Waals surface area contributed by atoms with E-state index in [0.717, 1.165) is 31.2 Å². The Labute approximate surface area is 169 Å². The fourth-order valence-electron chi connectivity index (χ4n) is 4.41. The van der Waals surface area contributed by atoms with Gasteiger partial charge in [0.15, 0.2) is 0 Å². The van der Waals surface area contributed by atoms with Gasteiger partial charge in [0.25, 0.3) is 0 Å². The van der Waals surface area contributed by atoms with Crippen LogP contribution in [0.3, 0.4) is 0 Å². The average molecular weight is 404 g/mol. The van der Waals surface area contributed by atoms with Gasteiger partial charge in [0.2, 0.25) is 5.91 Å². The highest BCUT2D eigenvalue weighted by atomic mass is 19.1. The Balaban J connectivity index is 1.53. The molecule has 156 valence electrons. The van der Waals surface area contributed by atoms with E-state index in [2.05, 4.69) is 11.9 Å². The van der Waals surface area contributed by atoms with Crippen molar-refractivity contribution in [2.24, 2.45) is 0 Å². The Morgan fingerprint density at radius 1 is 1.34 bits per heavy atom. The van der Waals surface area contributed by atoms with Crippen LogP contribution in [0.2, 0.25) is 0 Å². The van der Waals surface area contributed by atoms with Crippen LogP contribution in [-0.4, -0.2) is 58.2 Å². The zero-order chi connectivity index (χ0) is 21.0. The lowest BCUT2D eigenvalue weighted by atomic mass is 9.76. The maximum absolute atomic E-state index is 13.0. The summed E-state index contributed by atoms with van der Waals surface area (Å²) in [5, 5.41) is 21.6. The SMILES string of the molecule is C=CC(=O)N1C2CCC1(COC(=O)N[C@@H](CCc1ccc(F)cc1)B(O)O)CC2. The predicted molar refractivity (Wildman–Crippen MR) is 105 cm³/mol. The number of hydrogen-bond donors (Lipinski definition) is 3. The van der Waals surface area contributed by atoms with E-state index >= 15 is 0 Å². The molecular weight excluding hydrogens is 378 g/mol. The fraction of sp³-hybridized carbons (Fsp3) is 0.500. The number of halogens is 1. The quantitative estimate of drug-likeness (QED) is 0.451. The van der Waals surface area contributed by atoms with E-state index in [1.165, 1.54) is 18.2 Å². The molecule has 2 amide bonds. The third kappa shape index (κ3) is 4.79. The summed E-state index contributed by atoms with van der Waals surface area (Å²) in [5.41, 5.74) is 0.307. The Morgan fingerprint density at radius 2 is 2.00 bits per heavy atom. The first-order valence-electron chi connectivity index (χ1n) is 9.84. The van der Waals surface area contributed by atoms with Crippen LogP contribution < -0.4 is 5.32 Å². The number of nitrogens with one attached hydrogen (secondary N) is 1. The van der Waals surface area contributed by atoms with Gasteiger partial charge in [-0.25, -0.2) is 9.18 Å². The Kier molecular flexibility index (Phi) is 6.59. The summed E-state index contributed by atoms with van der Waals surface area (Å²) in [6.07, 6.45) is 4.47. The number of rotatable bonds is 8. The Bertz CT molecular complexity index is 750. The highest BCUT2D eigenvalue weighted by molar-refractivity contribution is 6.43. The molecular formula is C20H26BFN2O5. The highest BCUT2D eigenvalue weighted by Crippen LogP contribution is 2.46. The third-order valence-electron chi connectivity index (χ3n) is 5.97. The first-order chi connectivity index (χ1) is 13.8. The van der Waals surface area contributed by atoms with Crippen molar-refractivity contribution in [1.29, 1.82) is 0 Å². The van der Waals surface area contributed by atoms with Crippen LogP contribution in [0, 0.1) is 5.82 Å². The van der Waals surface area contributed by atoms with Crippen molar-refractivity contribution < 1.29 is 28.8 Å². The van der Waals surface area contributed by atoms with Gasteiger partial charge >= 0.3 is 13.2 Å². The normalized spacial score (nSPS) is 23.6. The topological polar surface area (TPSA) is 99.1 Å². The fourth-order valence-corrected chi connectivity index (χ4v) is 4.41. The second-order valence-corrected chi connectivity index (χ2v) is 7.77. The zero-order valence-corrected chi connectivity index (χ0v) is 16.2. The van der Waals surface area contributed by atoms with E-state index in [9.17, 15) is 24.0 Å². The van der Waals surface area contributed by atoms with Crippen LogP contribution in [-0.2, 0) is 16.0 Å². The molecule has 2 heterocycles. The Hall–Kier alpha value is -2.39. The number of nitrogens with zero attached hydrogens (tertiary/aromatic N) is 1. The number of alkyl carbamates (subject to hydrolysis) is 1. The minimum absolute atomic E-state index is 0.0567. The number of fused-ring (bicyclic) bond motifs is 2. The molecule has 0 unspecified atom stereocenters. The number of aryl methyl sites for hydroxylation is 1. The molecule has 7 nitrogen and oxygen atoms in total. The molecule has 2 saturated heterocycles. The number of hydrogen-bond acceptors (Lipinski definition) is 5. The molecule has 0 radical (unpaired) electrons. The molecule has 2 bridgehead atoms. The molecule has 0 saturated carbocycles. The average Bonchev–Trinajstić information content (AvgIpc) is 3.26. The van der Waals surface area contributed by atoms with Crippen molar-refractivity contribution >= 4 is 19.1 Å². The van der Waals surface area contributed by atoms with Crippen LogP contribution in [0.5, 0.6) is 0 Å². The summed E-state index contributed by atoms with van der Waals surface area (Å²) >= 11 is 0. The monoisotopic (exact) mass is 404 g/mol. The molecule has 1 aromatic carbocycles. The maximum Gasteiger partial charge on any atom is 0.475 e. The molecule has 1 atom stereocenters. The van der Waals surface area contributed by atoms with Gasteiger partial charge in [-0.3, -0.25) is 4.79 Å². The molecule has 9 heteroatoms. The first-order valence-corrected chi connectivity index (χ1v) is 9.84. The zero-order valence-electron chi connectivity index (χ0n) is 16.2. The number of amides is 2. The lowest BCUT2D eigenvalue weighted by Crippen LogP contribution is -2.51. The predicted octanol–water partition coefficient (Wildman–Crippen LogP) is 1.57. The van der Waals surface area contributed by atoms with Crippen molar-refractivity contribution in [1.82, 2.24) is 10.2 Å². The maximum atomic E-state index is 13.0. The molecule has 3 N–H and O–H groups in total. The molecule has 1 aromatic rings. The van der Waals surface area contributed by atoms with E-state index in [-0.39, 0.29) is 30.8 Å². The van der Waals surface area contributed by atoms with Gasteiger partial charge in [0, 0.05) is 6.04 Å². The van der Waals surface area contributed by atoms with Crippen molar-refractivity contribution in [2.45, 2.75) is 56.0 Å². The number of benzene rings is 1. The van der Waals surface area contributed by atoms with Gasteiger partial charge in [0.05, 0.1) is 11.5 Å². The minimum Gasteiger partial charge on any atom is -0.447 e. The van der Waals surface area contributed by atoms with Crippen LogP contribution in [0.25, 0.3) is 0 Å². The molecule has 2 fully saturated rings. The molecule has 2 aliphatic rings. The Morgan fingerprint density at radius 3 is 2.59 bits per heavy atom. The molecule has 0 spiro atoms. The van der Waals surface area contributed by atoms with Crippen molar-refractivity contribution in [3.05, 3.63) is 48.3 Å². The van der Waals surface area contributed by atoms with E-state index in [1.54, 1.807) is 17.0 Å². The summed E-state index contributed by atoms with van der Waals surface area (Å²) in [5.74, 6) is -1.44. The molecule has 29 heavy (non-hydrogen) atoms. The minimum atomic E-state index is -1.76.